The Morgan fingerprint density at radius 3 is 2.47 bits per heavy atom. The quantitative estimate of drug-likeness (QED) is 0.514. The normalized spacial score (nSPS) is 10.6. The monoisotopic (exact) mass is 233 g/mol. The molecule has 5 N–H and O–H groups in total. The van der Waals surface area contributed by atoms with E-state index in [4.69, 9.17) is 0 Å². The van der Waals surface area contributed by atoms with Gasteiger partial charge in [0.2, 0.25) is 0 Å². The minimum Gasteiger partial charge on any atom is -0.412 e. The van der Waals surface area contributed by atoms with Crippen LogP contribution >= 0.6 is 0 Å². The summed E-state index contributed by atoms with van der Waals surface area (Å²) in [6, 6.07) is 5.08. The SMILES string of the molecule is Cc1cc(=O)c2c(ccc3[nH]c(=O)[nH]c32)[nH]1.O. The average molecular weight is 233 g/mol. The summed E-state index contributed by atoms with van der Waals surface area (Å²) in [6.07, 6.45) is 0. The maximum atomic E-state index is 11.9. The number of aromatic nitrogens is 3. The minimum absolute atomic E-state index is 0. The van der Waals surface area contributed by atoms with Gasteiger partial charge >= 0.3 is 5.69 Å². The molecule has 0 aliphatic heterocycles. The van der Waals surface area contributed by atoms with Crippen LogP contribution in [-0.4, -0.2) is 20.4 Å². The number of aryl methyl sites for hydroxylation is 1. The second-order valence-corrected chi connectivity index (χ2v) is 3.81. The van der Waals surface area contributed by atoms with Crippen LogP contribution in [-0.2, 0) is 0 Å². The van der Waals surface area contributed by atoms with E-state index in [-0.39, 0.29) is 16.6 Å². The minimum atomic E-state index is -0.303. The molecule has 0 amide bonds. The molecule has 2 heterocycles. The summed E-state index contributed by atoms with van der Waals surface area (Å²) in [5, 5.41) is 0.515. The van der Waals surface area contributed by atoms with Crippen LogP contribution in [0.25, 0.3) is 21.9 Å². The first-order chi connectivity index (χ1) is 7.65. The number of hydrogen-bond acceptors (Lipinski definition) is 2. The van der Waals surface area contributed by atoms with E-state index >= 15 is 0 Å². The summed E-state index contributed by atoms with van der Waals surface area (Å²) >= 11 is 0. The van der Waals surface area contributed by atoms with Gasteiger partial charge in [-0.25, -0.2) is 4.79 Å². The Morgan fingerprint density at radius 2 is 1.71 bits per heavy atom. The molecule has 0 spiro atoms. The number of H-pyrrole nitrogens is 3. The fourth-order valence-electron chi connectivity index (χ4n) is 1.98. The third-order valence-corrected chi connectivity index (χ3v) is 2.62. The lowest BCUT2D eigenvalue weighted by molar-refractivity contribution is 0.824. The van der Waals surface area contributed by atoms with E-state index in [9.17, 15) is 9.59 Å². The predicted molar refractivity (Wildman–Crippen MR) is 65.4 cm³/mol. The molecule has 0 aliphatic carbocycles. The van der Waals surface area contributed by atoms with Crippen LogP contribution in [0.4, 0.5) is 0 Å². The van der Waals surface area contributed by atoms with Crippen LogP contribution in [0.2, 0.25) is 0 Å². The average Bonchev–Trinajstić information content (AvgIpc) is 2.56. The Morgan fingerprint density at radius 1 is 1.00 bits per heavy atom. The molecule has 0 saturated carbocycles. The van der Waals surface area contributed by atoms with Crippen molar-refractivity contribution in [1.82, 2.24) is 15.0 Å². The van der Waals surface area contributed by atoms with Crippen LogP contribution in [0.15, 0.2) is 27.8 Å². The van der Waals surface area contributed by atoms with E-state index in [1.807, 2.05) is 6.92 Å². The summed E-state index contributed by atoms with van der Waals surface area (Å²) in [5.41, 5.74) is 2.34. The zero-order valence-corrected chi connectivity index (χ0v) is 9.05. The van der Waals surface area contributed by atoms with Gasteiger partial charge in [-0.1, -0.05) is 0 Å². The number of aromatic amines is 3. The Kier molecular flexibility index (Phi) is 2.36. The molecule has 0 radical (unpaired) electrons. The van der Waals surface area contributed by atoms with Crippen molar-refractivity contribution in [2.24, 2.45) is 0 Å². The van der Waals surface area contributed by atoms with Gasteiger partial charge in [0.15, 0.2) is 5.43 Å². The van der Waals surface area contributed by atoms with Crippen molar-refractivity contribution in [2.45, 2.75) is 6.92 Å². The van der Waals surface area contributed by atoms with Crippen LogP contribution in [0.3, 0.4) is 0 Å². The van der Waals surface area contributed by atoms with E-state index in [2.05, 4.69) is 15.0 Å². The Bertz CT molecular complexity index is 810. The number of rotatable bonds is 0. The van der Waals surface area contributed by atoms with Crippen molar-refractivity contribution in [2.75, 3.05) is 0 Å². The molecule has 3 rings (SSSR count). The molecule has 0 fully saturated rings. The first-order valence-electron chi connectivity index (χ1n) is 4.90. The van der Waals surface area contributed by atoms with Crippen molar-refractivity contribution in [3.8, 4) is 0 Å². The first kappa shape index (κ1) is 11.2. The molecule has 0 saturated heterocycles. The Hall–Kier alpha value is -2.34. The molecule has 0 atom stereocenters. The van der Waals surface area contributed by atoms with E-state index in [0.717, 1.165) is 11.2 Å². The number of nitrogens with one attached hydrogen (secondary N) is 3. The third kappa shape index (κ3) is 1.55. The van der Waals surface area contributed by atoms with Crippen LogP contribution in [0.5, 0.6) is 0 Å². The molecule has 6 heteroatoms. The van der Waals surface area contributed by atoms with Gasteiger partial charge in [0.1, 0.15) is 0 Å². The number of pyridine rings is 1. The van der Waals surface area contributed by atoms with Gasteiger partial charge in [-0.3, -0.25) is 4.79 Å². The van der Waals surface area contributed by atoms with Crippen molar-refractivity contribution in [1.29, 1.82) is 0 Å². The van der Waals surface area contributed by atoms with E-state index in [1.165, 1.54) is 6.07 Å². The Balaban J connectivity index is 0.00000108. The molecule has 2 aromatic heterocycles. The highest BCUT2D eigenvalue weighted by Crippen LogP contribution is 2.16. The van der Waals surface area contributed by atoms with Crippen LogP contribution < -0.4 is 11.1 Å². The zero-order chi connectivity index (χ0) is 11.3. The molecule has 3 aromatic rings. The van der Waals surface area contributed by atoms with Gasteiger partial charge in [0.25, 0.3) is 0 Å². The second-order valence-electron chi connectivity index (χ2n) is 3.81. The van der Waals surface area contributed by atoms with Crippen molar-refractivity contribution >= 4 is 21.9 Å². The lowest BCUT2D eigenvalue weighted by Gasteiger charge is -2.00. The predicted octanol–water partition coefficient (Wildman–Crippen LogP) is 0.181. The molecule has 0 unspecified atom stereocenters. The number of fused-ring (bicyclic) bond motifs is 3. The number of benzene rings is 1. The maximum absolute atomic E-state index is 11.9. The van der Waals surface area contributed by atoms with Crippen LogP contribution in [0, 0.1) is 6.92 Å². The smallest absolute Gasteiger partial charge is 0.323 e. The summed E-state index contributed by atoms with van der Waals surface area (Å²) in [7, 11) is 0. The van der Waals surface area contributed by atoms with E-state index in [0.29, 0.717) is 16.4 Å². The van der Waals surface area contributed by atoms with Gasteiger partial charge in [0, 0.05) is 11.8 Å². The van der Waals surface area contributed by atoms with E-state index in [1.54, 1.807) is 12.1 Å². The summed E-state index contributed by atoms with van der Waals surface area (Å²) < 4.78 is 0. The Labute approximate surface area is 94.6 Å². The fourth-order valence-corrected chi connectivity index (χ4v) is 1.98. The van der Waals surface area contributed by atoms with Gasteiger partial charge < -0.3 is 20.4 Å². The van der Waals surface area contributed by atoms with Crippen LogP contribution in [0.1, 0.15) is 5.69 Å². The molecule has 0 aliphatic rings. The molecule has 88 valence electrons. The number of hydrogen-bond donors (Lipinski definition) is 3. The topological polar surface area (TPSA) is 113 Å². The lowest BCUT2D eigenvalue weighted by Crippen LogP contribution is -2.04. The third-order valence-electron chi connectivity index (χ3n) is 2.62. The van der Waals surface area contributed by atoms with Gasteiger partial charge in [0.05, 0.1) is 21.9 Å². The van der Waals surface area contributed by atoms with Gasteiger partial charge in [-0.2, -0.15) is 0 Å². The second kappa shape index (κ2) is 3.60. The molecule has 6 nitrogen and oxygen atoms in total. The largest absolute Gasteiger partial charge is 0.412 e. The van der Waals surface area contributed by atoms with Crippen molar-refractivity contribution < 1.29 is 5.48 Å². The molecule has 0 bridgehead atoms. The molecular weight excluding hydrogens is 222 g/mol. The van der Waals surface area contributed by atoms with Gasteiger partial charge in [-0.05, 0) is 19.1 Å². The summed E-state index contributed by atoms with van der Waals surface area (Å²) in [5.74, 6) is 0. The maximum Gasteiger partial charge on any atom is 0.323 e. The fraction of sp³-hybridized carbons (Fsp3) is 0.0909. The number of imidazole rings is 1. The molecule has 1 aromatic carbocycles. The van der Waals surface area contributed by atoms with Crippen molar-refractivity contribution in [3.63, 3.8) is 0 Å². The molecule has 17 heavy (non-hydrogen) atoms. The highest BCUT2D eigenvalue weighted by atomic mass is 16.1. The lowest BCUT2D eigenvalue weighted by atomic mass is 10.1. The van der Waals surface area contributed by atoms with Crippen molar-refractivity contribution in [3.05, 3.63) is 44.6 Å². The summed E-state index contributed by atoms with van der Waals surface area (Å²) in [6.45, 7) is 1.82. The summed E-state index contributed by atoms with van der Waals surface area (Å²) in [4.78, 5) is 31.4. The highest BCUT2D eigenvalue weighted by Gasteiger charge is 2.07. The highest BCUT2D eigenvalue weighted by molar-refractivity contribution is 6.02. The zero-order valence-electron chi connectivity index (χ0n) is 9.05. The molecular formula is C11H11N3O3. The standard InChI is InChI=1S/C11H9N3O2.H2O/c1-5-4-8(15)9-6(12-5)2-3-7-10(9)14-11(16)13-7;/h2-4H,1H3,(H,12,15)(H2,13,14,16);1H2. The first-order valence-corrected chi connectivity index (χ1v) is 4.90. The van der Waals surface area contributed by atoms with E-state index < -0.39 is 0 Å². The van der Waals surface area contributed by atoms with Gasteiger partial charge in [-0.15, -0.1) is 0 Å².